The van der Waals surface area contributed by atoms with Crippen molar-refractivity contribution >= 4 is 5.78 Å². The van der Waals surface area contributed by atoms with Crippen LogP contribution in [0.3, 0.4) is 0 Å². The molecular formula is C12H20O2. The van der Waals surface area contributed by atoms with E-state index in [9.17, 15) is 9.90 Å². The molecule has 2 aliphatic carbocycles. The Balaban J connectivity index is 2.19. The Morgan fingerprint density at radius 2 is 2.21 bits per heavy atom. The molecular weight excluding hydrogens is 176 g/mol. The molecule has 0 aromatic heterocycles. The molecule has 0 aromatic carbocycles. The van der Waals surface area contributed by atoms with Crippen LogP contribution in [0.25, 0.3) is 0 Å². The Bertz CT molecular complexity index is 249. The first-order valence-electron chi connectivity index (χ1n) is 5.78. The van der Waals surface area contributed by atoms with Gasteiger partial charge >= 0.3 is 0 Å². The van der Waals surface area contributed by atoms with Crippen LogP contribution in [0.5, 0.6) is 0 Å². The Labute approximate surface area is 85.7 Å². The van der Waals surface area contributed by atoms with E-state index in [0.29, 0.717) is 30.6 Å². The number of rotatable bonds is 1. The molecule has 0 spiro atoms. The van der Waals surface area contributed by atoms with E-state index in [2.05, 4.69) is 13.8 Å². The Kier molecular flexibility index (Phi) is 2.42. The maximum Gasteiger partial charge on any atom is 0.136 e. The van der Waals surface area contributed by atoms with Gasteiger partial charge in [-0.2, -0.15) is 0 Å². The van der Waals surface area contributed by atoms with Crippen LogP contribution in [0.15, 0.2) is 0 Å². The van der Waals surface area contributed by atoms with Gasteiger partial charge in [-0.15, -0.1) is 0 Å². The van der Waals surface area contributed by atoms with E-state index in [1.54, 1.807) is 0 Å². The van der Waals surface area contributed by atoms with Crippen LogP contribution in [0, 0.1) is 17.8 Å². The molecule has 1 N–H and O–H groups in total. The van der Waals surface area contributed by atoms with E-state index in [0.717, 1.165) is 19.3 Å². The van der Waals surface area contributed by atoms with Gasteiger partial charge in [-0.25, -0.2) is 0 Å². The summed E-state index contributed by atoms with van der Waals surface area (Å²) in [7, 11) is 0. The third-order valence-electron chi connectivity index (χ3n) is 4.31. The summed E-state index contributed by atoms with van der Waals surface area (Å²) in [4.78, 5) is 11.5. The van der Waals surface area contributed by atoms with Crippen LogP contribution in [0.2, 0.25) is 0 Å². The standard InChI is InChI=1S/C12H20O2/c1-3-9-5-12(14)6-10(8(9)2)4-11(13)7-12/h8-10,14H,3-7H2,1-2H3/t8?,9?,10-,12+/m0/s1. The average Bonchev–Trinajstić information content (AvgIpc) is 2.10. The lowest BCUT2D eigenvalue weighted by atomic mass is 9.60. The van der Waals surface area contributed by atoms with Crippen molar-refractivity contribution in [2.45, 2.75) is 51.6 Å². The SMILES string of the molecule is CCC1C[C@]2(O)CC(=O)C[C@@H](C2)C1C. The molecule has 2 bridgehead atoms. The van der Waals surface area contributed by atoms with E-state index in [-0.39, 0.29) is 5.78 Å². The van der Waals surface area contributed by atoms with Crippen LogP contribution in [-0.2, 0) is 4.79 Å². The van der Waals surface area contributed by atoms with E-state index in [1.165, 1.54) is 0 Å². The fourth-order valence-electron chi connectivity index (χ4n) is 3.47. The summed E-state index contributed by atoms with van der Waals surface area (Å²) in [5, 5.41) is 10.3. The lowest BCUT2D eigenvalue weighted by Crippen LogP contribution is -2.48. The number of fused-ring (bicyclic) bond motifs is 2. The Hall–Kier alpha value is -0.370. The second-order valence-electron chi connectivity index (χ2n) is 5.34. The number of Topliss-reactive ketones (excluding diaryl/α,β-unsaturated/α-hetero) is 1. The van der Waals surface area contributed by atoms with E-state index in [1.807, 2.05) is 0 Å². The second-order valence-corrected chi connectivity index (χ2v) is 5.34. The zero-order valence-electron chi connectivity index (χ0n) is 9.12. The molecule has 2 saturated carbocycles. The second kappa shape index (κ2) is 3.34. The van der Waals surface area contributed by atoms with Gasteiger partial charge in [-0.1, -0.05) is 20.3 Å². The molecule has 0 saturated heterocycles. The minimum absolute atomic E-state index is 0.269. The Morgan fingerprint density at radius 3 is 2.86 bits per heavy atom. The molecule has 2 nitrogen and oxygen atoms in total. The van der Waals surface area contributed by atoms with Gasteiger partial charge in [0.1, 0.15) is 5.78 Å². The van der Waals surface area contributed by atoms with Crippen molar-refractivity contribution in [3.8, 4) is 0 Å². The van der Waals surface area contributed by atoms with Gasteiger partial charge in [0.25, 0.3) is 0 Å². The molecule has 0 aliphatic heterocycles. The van der Waals surface area contributed by atoms with Crippen molar-refractivity contribution < 1.29 is 9.90 Å². The highest BCUT2D eigenvalue weighted by atomic mass is 16.3. The summed E-state index contributed by atoms with van der Waals surface area (Å²) in [6.45, 7) is 4.43. The van der Waals surface area contributed by atoms with Crippen molar-refractivity contribution in [2.24, 2.45) is 17.8 Å². The van der Waals surface area contributed by atoms with Gasteiger partial charge in [0.2, 0.25) is 0 Å². The highest BCUT2D eigenvalue weighted by Crippen LogP contribution is 2.48. The molecule has 2 heteroatoms. The maximum absolute atomic E-state index is 11.5. The zero-order valence-corrected chi connectivity index (χ0v) is 9.12. The summed E-state index contributed by atoms with van der Waals surface area (Å²) in [6, 6.07) is 0. The van der Waals surface area contributed by atoms with Gasteiger partial charge in [-0.05, 0) is 30.6 Å². The number of hydrogen-bond acceptors (Lipinski definition) is 2. The predicted octanol–water partition coefficient (Wildman–Crippen LogP) is 2.15. The van der Waals surface area contributed by atoms with Crippen LogP contribution in [0.1, 0.15) is 46.0 Å². The molecule has 2 fully saturated rings. The summed E-state index contributed by atoms with van der Waals surface area (Å²) in [6.07, 6.45) is 3.95. The molecule has 80 valence electrons. The van der Waals surface area contributed by atoms with Crippen molar-refractivity contribution in [1.29, 1.82) is 0 Å². The van der Waals surface area contributed by atoms with Crippen LogP contribution in [0.4, 0.5) is 0 Å². The Morgan fingerprint density at radius 1 is 1.50 bits per heavy atom. The van der Waals surface area contributed by atoms with Crippen molar-refractivity contribution in [2.75, 3.05) is 0 Å². The van der Waals surface area contributed by atoms with Crippen molar-refractivity contribution in [3.05, 3.63) is 0 Å². The molecule has 14 heavy (non-hydrogen) atoms. The molecule has 0 radical (unpaired) electrons. The largest absolute Gasteiger partial charge is 0.389 e. The smallest absolute Gasteiger partial charge is 0.136 e. The van der Waals surface area contributed by atoms with Crippen LogP contribution < -0.4 is 0 Å². The third kappa shape index (κ3) is 1.60. The minimum Gasteiger partial charge on any atom is -0.389 e. The highest BCUT2D eigenvalue weighted by Gasteiger charge is 2.47. The van der Waals surface area contributed by atoms with E-state index < -0.39 is 5.60 Å². The number of carbonyl (C=O) groups is 1. The quantitative estimate of drug-likeness (QED) is 0.697. The van der Waals surface area contributed by atoms with Crippen molar-refractivity contribution in [3.63, 3.8) is 0 Å². The lowest BCUT2D eigenvalue weighted by molar-refractivity contribution is -0.141. The summed E-state index contributed by atoms with van der Waals surface area (Å²) in [5.41, 5.74) is -0.646. The van der Waals surface area contributed by atoms with Gasteiger partial charge in [0, 0.05) is 12.8 Å². The molecule has 2 rings (SSSR count). The number of aliphatic hydroxyl groups is 1. The summed E-state index contributed by atoms with van der Waals surface area (Å²) >= 11 is 0. The first-order valence-corrected chi connectivity index (χ1v) is 5.78. The van der Waals surface area contributed by atoms with Gasteiger partial charge in [0.15, 0.2) is 0 Å². The number of ketones is 1. The molecule has 4 atom stereocenters. The lowest BCUT2D eigenvalue weighted by Gasteiger charge is -2.48. The van der Waals surface area contributed by atoms with Gasteiger partial charge in [-0.3, -0.25) is 4.79 Å². The molecule has 0 aromatic rings. The molecule has 0 amide bonds. The zero-order chi connectivity index (χ0) is 10.3. The first kappa shape index (κ1) is 10.2. The third-order valence-corrected chi connectivity index (χ3v) is 4.31. The summed E-state index contributed by atoms with van der Waals surface area (Å²) < 4.78 is 0. The van der Waals surface area contributed by atoms with Crippen LogP contribution >= 0.6 is 0 Å². The van der Waals surface area contributed by atoms with Crippen LogP contribution in [-0.4, -0.2) is 16.5 Å². The van der Waals surface area contributed by atoms with E-state index in [4.69, 9.17) is 0 Å². The maximum atomic E-state index is 11.5. The van der Waals surface area contributed by atoms with Crippen molar-refractivity contribution in [1.82, 2.24) is 0 Å². The monoisotopic (exact) mass is 196 g/mol. The molecule has 0 heterocycles. The first-order chi connectivity index (χ1) is 6.54. The predicted molar refractivity (Wildman–Crippen MR) is 54.9 cm³/mol. The minimum atomic E-state index is -0.646. The fraction of sp³-hybridized carbons (Fsp3) is 0.917. The van der Waals surface area contributed by atoms with Gasteiger partial charge < -0.3 is 5.11 Å². The van der Waals surface area contributed by atoms with Gasteiger partial charge in [0.05, 0.1) is 5.60 Å². The molecule has 2 aliphatic rings. The topological polar surface area (TPSA) is 37.3 Å². The van der Waals surface area contributed by atoms with E-state index >= 15 is 0 Å². The molecule has 2 unspecified atom stereocenters. The highest BCUT2D eigenvalue weighted by molar-refractivity contribution is 5.80. The average molecular weight is 196 g/mol. The number of hydrogen-bond donors (Lipinski definition) is 1. The summed E-state index contributed by atoms with van der Waals surface area (Å²) in [5.74, 6) is 1.95. The fourth-order valence-corrected chi connectivity index (χ4v) is 3.47. The normalized spacial score (nSPS) is 47.9. The number of carbonyl (C=O) groups excluding carboxylic acids is 1.